The molecular weight excluding hydrogens is 1140 g/mol. The Labute approximate surface area is 578 Å². The normalized spacial score (nSPS) is 10.9. The highest BCUT2D eigenvalue weighted by Gasteiger charge is 2.21. The van der Waals surface area contributed by atoms with Crippen LogP contribution in [0.5, 0.6) is 0 Å². The molecule has 0 aliphatic carbocycles. The average molecular weight is 1270 g/mol. The molecule has 5 aromatic heterocycles. The summed E-state index contributed by atoms with van der Waals surface area (Å²) in [6, 6.07) is 55.6. The Morgan fingerprint density at radius 3 is 1.01 bits per heavy atom. The molecular formula is C89H128N5+5. The largest absolute Gasteiger partial charge is 0.212 e. The van der Waals surface area contributed by atoms with Crippen LogP contribution in [-0.2, 0) is 54.5 Å². The van der Waals surface area contributed by atoms with E-state index in [-0.39, 0.29) is 37.1 Å². The molecule has 0 saturated heterocycles. The van der Waals surface area contributed by atoms with Crippen molar-refractivity contribution in [1.82, 2.24) is 0 Å². The van der Waals surface area contributed by atoms with E-state index in [1.54, 1.807) is 0 Å². The second kappa shape index (κ2) is 38.3. The van der Waals surface area contributed by atoms with Crippen LogP contribution in [-0.4, -0.2) is 0 Å². The van der Waals surface area contributed by atoms with Crippen molar-refractivity contribution in [2.24, 2.45) is 40.7 Å². The third-order valence-electron chi connectivity index (χ3n) is 17.0. The first-order valence-electron chi connectivity index (χ1n) is 33.2. The van der Waals surface area contributed by atoms with Gasteiger partial charge in [0.2, 0.25) is 28.5 Å². The first kappa shape index (κ1) is 80.1. The van der Waals surface area contributed by atoms with Crippen molar-refractivity contribution in [3.05, 3.63) is 267 Å². The molecule has 0 unspecified atom stereocenters. The van der Waals surface area contributed by atoms with E-state index >= 15 is 0 Å². The fourth-order valence-corrected chi connectivity index (χ4v) is 11.9. The Balaban J connectivity index is 0.000000593. The van der Waals surface area contributed by atoms with Crippen LogP contribution >= 0.6 is 0 Å². The smallest absolute Gasteiger partial charge is 0.201 e. The maximum absolute atomic E-state index is 8.46. The second-order valence-corrected chi connectivity index (χ2v) is 26.1. The second-order valence-electron chi connectivity index (χ2n) is 26.1. The van der Waals surface area contributed by atoms with Gasteiger partial charge in [0.15, 0.2) is 31.0 Å². The monoisotopic (exact) mass is 1270 g/mol. The van der Waals surface area contributed by atoms with Gasteiger partial charge in [-0.15, -0.1) is 0 Å². The lowest BCUT2D eigenvalue weighted by molar-refractivity contribution is -0.661. The van der Waals surface area contributed by atoms with E-state index in [0.717, 1.165) is 29.7 Å². The van der Waals surface area contributed by atoms with E-state index in [0.29, 0.717) is 11.8 Å². The lowest BCUT2D eigenvalue weighted by Crippen LogP contribution is -2.32. The molecule has 10 aromatic rings. The van der Waals surface area contributed by atoms with Crippen molar-refractivity contribution < 1.29 is 25.6 Å². The summed E-state index contributed by atoms with van der Waals surface area (Å²) in [6.07, 6.45) is 11.7. The van der Waals surface area contributed by atoms with Gasteiger partial charge in [-0.05, 0) is 185 Å². The highest BCUT2D eigenvalue weighted by atomic mass is 14.9. The van der Waals surface area contributed by atoms with Crippen molar-refractivity contribution in [1.29, 1.82) is 0 Å². The van der Waals surface area contributed by atoms with Gasteiger partial charge in [0.25, 0.3) is 0 Å². The van der Waals surface area contributed by atoms with Crippen molar-refractivity contribution in [2.45, 2.75) is 193 Å². The van der Waals surface area contributed by atoms with Gasteiger partial charge in [0, 0.05) is 89.2 Å². The van der Waals surface area contributed by atoms with Crippen LogP contribution in [0.15, 0.2) is 189 Å². The highest BCUT2D eigenvalue weighted by Crippen LogP contribution is 2.29. The van der Waals surface area contributed by atoms with Gasteiger partial charge < -0.3 is 0 Å². The van der Waals surface area contributed by atoms with E-state index in [4.69, 9.17) is 2.74 Å². The van der Waals surface area contributed by atoms with Gasteiger partial charge in [-0.1, -0.05) is 190 Å². The predicted octanol–water partition coefficient (Wildman–Crippen LogP) is 21.8. The minimum absolute atomic E-state index is 0. The van der Waals surface area contributed by atoms with Crippen molar-refractivity contribution in [3.8, 4) is 56.3 Å². The zero-order chi connectivity index (χ0) is 67.2. The van der Waals surface area contributed by atoms with Crippen LogP contribution in [0.2, 0.25) is 0 Å². The number of pyridine rings is 5. The summed E-state index contributed by atoms with van der Waals surface area (Å²) in [5.74, 6) is 1.14. The van der Waals surface area contributed by atoms with Crippen molar-refractivity contribution >= 4 is 0 Å². The number of hydrogen-bond donors (Lipinski definition) is 0. The third-order valence-corrected chi connectivity index (χ3v) is 17.0. The molecule has 0 bridgehead atoms. The molecule has 0 radical (unpaired) electrons. The van der Waals surface area contributed by atoms with Gasteiger partial charge in [0.1, 0.15) is 35.2 Å². The topological polar surface area (TPSA) is 19.4 Å². The number of rotatable bonds is 10. The zero-order valence-electron chi connectivity index (χ0n) is 60.7. The first-order chi connectivity index (χ1) is 42.9. The number of hydrogen-bond acceptors (Lipinski definition) is 0. The Kier molecular flexibility index (Phi) is 32.6. The molecule has 0 saturated carbocycles. The van der Waals surface area contributed by atoms with E-state index < -0.39 is 11.8 Å². The molecule has 0 fully saturated rings. The average Bonchev–Trinajstić information content (AvgIpc) is 0.781. The molecule has 0 aliphatic rings. The van der Waals surface area contributed by atoms with E-state index in [1.165, 1.54) is 117 Å². The van der Waals surface area contributed by atoms with Crippen LogP contribution in [0.1, 0.15) is 192 Å². The van der Waals surface area contributed by atoms with Crippen LogP contribution < -0.4 is 22.8 Å². The van der Waals surface area contributed by atoms with Crippen molar-refractivity contribution in [2.75, 3.05) is 0 Å². The third kappa shape index (κ3) is 22.2. The molecule has 5 nitrogen and oxygen atoms in total. The fraction of sp³-hybridized carbons (Fsp3) is 0.382. The summed E-state index contributed by atoms with van der Waals surface area (Å²) >= 11 is 0. The molecule has 0 N–H and O–H groups in total. The molecule has 5 heteroatoms. The SMILES string of the molecule is C.C.C.C.C.CCc1c[n+](C)c(-c2ccccc2C)cc1C.CCc1cc(-c2ccccc2C)[n+](C)cc1C.Cc1ccccc1-c1cc(C(C)C)c(C)c[n+]1C.Cc1ccccc1-c1cc(C)c(C(C)C)c[n+]1C.[2H]C([2H])(c1cc[n+](C)c(-c2ccccc2C)c1)C(C)(C)C. The molecule has 0 amide bonds. The quantitative estimate of drug-likeness (QED) is 0.122. The van der Waals surface area contributed by atoms with Crippen LogP contribution in [0.4, 0.5) is 0 Å². The molecule has 0 spiro atoms. The standard InChI is InChI=1S/C18H24N.2C17H22N.2C16H20N.5CH4/c1-14-8-6-7-9-16(14)17-12-15(10-11-19(17)5)13-18(2,3)4;1-12(2)16-10-17(18(5)11-14(16)4)15-9-7-6-8-13(15)3;1-12(2)16-11-18(5)17(10-14(16)4)15-9-7-6-8-13(15)3;1-5-14-10-16(17(4)11-13(14)3)15-9-7-6-8-12(15)2;1-5-14-11-17(4)16(10-13(14)3)15-9-7-6-8-12(15)2;;;;;/h6-12H,13H2,1-5H3;2*6-12H,1-5H3;2*6-11H,5H2,1-4H3;5*1H4/q5*+1;;;;;/i13D2;;;;;;;;;. The fourth-order valence-electron chi connectivity index (χ4n) is 11.9. The Morgan fingerprint density at radius 1 is 0.330 bits per heavy atom. The van der Waals surface area contributed by atoms with E-state index in [9.17, 15) is 0 Å². The molecule has 0 atom stereocenters. The molecule has 504 valence electrons. The van der Waals surface area contributed by atoms with Crippen LogP contribution in [0.3, 0.4) is 0 Å². The predicted molar refractivity (Wildman–Crippen MR) is 412 cm³/mol. The van der Waals surface area contributed by atoms with Gasteiger partial charge in [-0.25, -0.2) is 22.8 Å². The summed E-state index contributed by atoms with van der Waals surface area (Å²) in [6.45, 7) is 38.8. The summed E-state index contributed by atoms with van der Waals surface area (Å²) < 4.78 is 27.9. The van der Waals surface area contributed by atoms with E-state index in [1.807, 2.05) is 62.8 Å². The summed E-state index contributed by atoms with van der Waals surface area (Å²) in [7, 11) is 10.5. The Morgan fingerprint density at radius 2 is 0.649 bits per heavy atom. The maximum Gasteiger partial charge on any atom is 0.212 e. The van der Waals surface area contributed by atoms with Gasteiger partial charge in [0.05, 0.1) is 0 Å². The molecule has 0 aliphatic heterocycles. The minimum Gasteiger partial charge on any atom is -0.201 e. The van der Waals surface area contributed by atoms with Gasteiger partial charge in [-0.3, -0.25) is 0 Å². The number of nitrogens with zero attached hydrogens (tertiary/aromatic N) is 5. The first-order valence-corrected chi connectivity index (χ1v) is 32.2. The van der Waals surface area contributed by atoms with Crippen LogP contribution in [0, 0.1) is 67.7 Å². The van der Waals surface area contributed by atoms with E-state index in [2.05, 4.69) is 309 Å². The summed E-state index contributed by atoms with van der Waals surface area (Å²) in [5.41, 5.74) is 30.6. The van der Waals surface area contributed by atoms with Gasteiger partial charge in [-0.2, -0.15) is 0 Å². The number of aryl methyl sites for hydroxylation is 16. The summed E-state index contributed by atoms with van der Waals surface area (Å²) in [5, 5.41) is 0. The minimum atomic E-state index is -1.38. The Hall–Kier alpha value is -8.15. The lowest BCUT2D eigenvalue weighted by atomic mass is 9.88. The van der Waals surface area contributed by atoms with Crippen LogP contribution in [0.25, 0.3) is 56.3 Å². The zero-order valence-corrected chi connectivity index (χ0v) is 58.7. The molecule has 5 aromatic carbocycles. The number of aromatic nitrogens is 5. The van der Waals surface area contributed by atoms with Crippen molar-refractivity contribution in [3.63, 3.8) is 0 Å². The molecule has 94 heavy (non-hydrogen) atoms. The Bertz CT molecular complexity index is 4100. The maximum atomic E-state index is 8.46. The van der Waals surface area contributed by atoms with Gasteiger partial charge >= 0.3 is 0 Å². The number of benzene rings is 5. The molecule has 10 rings (SSSR count). The summed E-state index contributed by atoms with van der Waals surface area (Å²) in [4.78, 5) is 0. The lowest BCUT2D eigenvalue weighted by Gasteiger charge is -2.18. The highest BCUT2D eigenvalue weighted by molar-refractivity contribution is 5.65. The molecule has 5 heterocycles.